The highest BCUT2D eigenvalue weighted by molar-refractivity contribution is 5.82. The monoisotopic (exact) mass is 350 g/mol. The molecule has 2 rings (SSSR count). The van der Waals surface area contributed by atoms with E-state index in [2.05, 4.69) is 10.6 Å². The third-order valence-electron chi connectivity index (χ3n) is 4.40. The van der Waals surface area contributed by atoms with Crippen LogP contribution in [0.5, 0.6) is 0 Å². The second-order valence-electron chi connectivity index (χ2n) is 6.53. The Kier molecular flexibility index (Phi) is 6.85. The third kappa shape index (κ3) is 6.64. The molecule has 0 aromatic rings. The topological polar surface area (TPSA) is 73.5 Å². The van der Waals surface area contributed by atoms with Crippen LogP contribution in [-0.2, 0) is 9.59 Å². The molecule has 2 heterocycles. The molecule has 0 aromatic carbocycles. The van der Waals surface area contributed by atoms with Gasteiger partial charge in [-0.1, -0.05) is 0 Å². The Morgan fingerprint density at radius 1 is 1.17 bits per heavy atom. The molecule has 138 valence electrons. The molecule has 2 saturated heterocycles. The van der Waals surface area contributed by atoms with Crippen LogP contribution in [0.15, 0.2) is 0 Å². The van der Waals surface area contributed by atoms with Crippen molar-refractivity contribution < 1.29 is 22.8 Å². The predicted molar refractivity (Wildman–Crippen MR) is 82.3 cm³/mol. The van der Waals surface area contributed by atoms with Crippen LogP contribution in [-0.4, -0.2) is 68.2 Å². The molecule has 6 nitrogen and oxygen atoms in total. The number of halogens is 3. The smallest absolute Gasteiger partial charge is 0.354 e. The number of nitrogens with zero attached hydrogens (tertiary/aromatic N) is 1. The first-order chi connectivity index (χ1) is 11.3. The van der Waals surface area contributed by atoms with Gasteiger partial charge in [-0.3, -0.25) is 14.5 Å². The zero-order chi connectivity index (χ0) is 17.6. The molecule has 2 unspecified atom stereocenters. The molecule has 0 bridgehead atoms. The fourth-order valence-electron chi connectivity index (χ4n) is 3.20. The van der Waals surface area contributed by atoms with E-state index < -0.39 is 18.6 Å². The minimum absolute atomic E-state index is 0.00698. The first-order valence-electron chi connectivity index (χ1n) is 8.40. The van der Waals surface area contributed by atoms with Crippen molar-refractivity contribution in [1.29, 1.82) is 0 Å². The van der Waals surface area contributed by atoms with Gasteiger partial charge in [-0.25, -0.2) is 0 Å². The summed E-state index contributed by atoms with van der Waals surface area (Å²) in [6.07, 6.45) is -0.725. The maximum absolute atomic E-state index is 12.1. The maximum Gasteiger partial charge on any atom is 0.405 e. The first-order valence-corrected chi connectivity index (χ1v) is 8.40. The van der Waals surface area contributed by atoms with E-state index in [0.29, 0.717) is 19.6 Å². The summed E-state index contributed by atoms with van der Waals surface area (Å²) in [5, 5.41) is 7.96. The van der Waals surface area contributed by atoms with Crippen molar-refractivity contribution in [2.45, 2.75) is 37.9 Å². The van der Waals surface area contributed by atoms with Crippen molar-refractivity contribution in [3.63, 3.8) is 0 Å². The van der Waals surface area contributed by atoms with Gasteiger partial charge in [0.1, 0.15) is 6.54 Å². The van der Waals surface area contributed by atoms with Crippen molar-refractivity contribution in [3.8, 4) is 0 Å². The molecule has 2 aliphatic rings. The van der Waals surface area contributed by atoms with E-state index in [1.54, 1.807) is 0 Å². The van der Waals surface area contributed by atoms with Crippen LogP contribution in [0.2, 0.25) is 0 Å². The Morgan fingerprint density at radius 3 is 2.62 bits per heavy atom. The number of amides is 2. The van der Waals surface area contributed by atoms with Gasteiger partial charge in [0.2, 0.25) is 11.8 Å². The fraction of sp³-hybridized carbons (Fsp3) is 0.867. The molecular formula is C15H25F3N4O2. The van der Waals surface area contributed by atoms with Crippen LogP contribution >= 0.6 is 0 Å². The van der Waals surface area contributed by atoms with Crippen molar-refractivity contribution in [3.05, 3.63) is 0 Å². The normalized spacial score (nSPS) is 25.5. The van der Waals surface area contributed by atoms with Crippen molar-refractivity contribution in [1.82, 2.24) is 20.9 Å². The predicted octanol–water partition coefficient (Wildman–Crippen LogP) is 0.245. The molecule has 0 aliphatic carbocycles. The number of likely N-dealkylation sites (tertiary alicyclic amines) is 1. The fourth-order valence-corrected chi connectivity index (χ4v) is 3.20. The highest BCUT2D eigenvalue weighted by atomic mass is 19.4. The summed E-state index contributed by atoms with van der Waals surface area (Å²) in [6, 6.07) is -0.113. The quantitative estimate of drug-likeness (QED) is 0.642. The van der Waals surface area contributed by atoms with Gasteiger partial charge in [0.25, 0.3) is 0 Å². The number of piperidine rings is 1. The standard InChI is InChI=1S/C15H25F3N4O2/c16-15(17,18)10-21-13(23)9-22-6-2-3-11(8-22)7-20-14(24)12-4-1-5-19-12/h11-12,19H,1-10H2,(H,20,24)(H,21,23). The van der Waals surface area contributed by atoms with E-state index in [1.807, 2.05) is 10.2 Å². The molecule has 0 saturated carbocycles. The number of alkyl halides is 3. The van der Waals surface area contributed by atoms with Gasteiger partial charge in [0.05, 0.1) is 12.6 Å². The molecule has 2 fully saturated rings. The van der Waals surface area contributed by atoms with Crippen LogP contribution in [0.3, 0.4) is 0 Å². The van der Waals surface area contributed by atoms with E-state index in [4.69, 9.17) is 0 Å². The van der Waals surface area contributed by atoms with Crippen molar-refractivity contribution in [2.75, 3.05) is 39.3 Å². The number of hydrogen-bond donors (Lipinski definition) is 3. The average molecular weight is 350 g/mol. The Morgan fingerprint density at radius 2 is 1.96 bits per heavy atom. The van der Waals surface area contributed by atoms with Crippen molar-refractivity contribution >= 4 is 11.8 Å². The summed E-state index contributed by atoms with van der Waals surface area (Å²) in [5.74, 6) is -0.390. The second kappa shape index (κ2) is 8.66. The summed E-state index contributed by atoms with van der Waals surface area (Å²) < 4.78 is 36.3. The average Bonchev–Trinajstić information content (AvgIpc) is 3.05. The second-order valence-corrected chi connectivity index (χ2v) is 6.53. The van der Waals surface area contributed by atoms with E-state index in [-0.39, 0.29) is 24.4 Å². The number of rotatable bonds is 6. The molecule has 0 spiro atoms. The molecule has 2 atom stereocenters. The maximum atomic E-state index is 12.1. The number of carbonyl (C=O) groups is 2. The summed E-state index contributed by atoms with van der Waals surface area (Å²) in [6.45, 7) is 1.37. The molecule has 0 aromatic heterocycles. The van der Waals surface area contributed by atoms with Gasteiger partial charge >= 0.3 is 6.18 Å². The van der Waals surface area contributed by atoms with Gasteiger partial charge in [-0.2, -0.15) is 13.2 Å². The molecule has 2 aliphatic heterocycles. The zero-order valence-corrected chi connectivity index (χ0v) is 13.6. The van der Waals surface area contributed by atoms with Gasteiger partial charge in [0.15, 0.2) is 0 Å². The van der Waals surface area contributed by atoms with Gasteiger partial charge < -0.3 is 16.0 Å². The van der Waals surface area contributed by atoms with E-state index in [9.17, 15) is 22.8 Å². The lowest BCUT2D eigenvalue weighted by molar-refractivity contribution is -0.139. The molecule has 3 N–H and O–H groups in total. The van der Waals surface area contributed by atoms with Crippen LogP contribution in [0, 0.1) is 5.92 Å². The zero-order valence-electron chi connectivity index (χ0n) is 13.6. The molecule has 0 radical (unpaired) electrons. The number of hydrogen-bond acceptors (Lipinski definition) is 4. The summed E-state index contributed by atoms with van der Waals surface area (Å²) in [7, 11) is 0. The Bertz CT molecular complexity index is 439. The van der Waals surface area contributed by atoms with Crippen LogP contribution in [0.4, 0.5) is 13.2 Å². The van der Waals surface area contributed by atoms with Crippen LogP contribution in [0.25, 0.3) is 0 Å². The Balaban J connectivity index is 1.67. The number of nitrogens with one attached hydrogen (secondary N) is 3. The van der Waals surface area contributed by atoms with Crippen molar-refractivity contribution in [2.24, 2.45) is 5.92 Å². The lowest BCUT2D eigenvalue weighted by Gasteiger charge is -2.32. The minimum atomic E-state index is -4.39. The first kappa shape index (κ1) is 19.0. The van der Waals surface area contributed by atoms with Crippen LogP contribution < -0.4 is 16.0 Å². The largest absolute Gasteiger partial charge is 0.405 e. The van der Waals surface area contributed by atoms with E-state index in [0.717, 1.165) is 32.2 Å². The molecule has 2 amide bonds. The SMILES string of the molecule is O=C(CN1CCCC(CNC(=O)C2CCCN2)C1)NCC(F)(F)F. The number of carbonyl (C=O) groups excluding carboxylic acids is 2. The third-order valence-corrected chi connectivity index (χ3v) is 4.40. The van der Waals surface area contributed by atoms with E-state index >= 15 is 0 Å². The summed E-state index contributed by atoms with van der Waals surface area (Å²) in [4.78, 5) is 25.4. The lowest BCUT2D eigenvalue weighted by Crippen LogP contribution is -2.48. The van der Waals surface area contributed by atoms with Crippen LogP contribution in [0.1, 0.15) is 25.7 Å². The van der Waals surface area contributed by atoms with E-state index in [1.165, 1.54) is 0 Å². The Labute approximate surface area is 139 Å². The Hall–Kier alpha value is -1.35. The highest BCUT2D eigenvalue weighted by Crippen LogP contribution is 2.16. The van der Waals surface area contributed by atoms with Gasteiger partial charge in [-0.05, 0) is 44.7 Å². The molecule has 9 heteroatoms. The molecular weight excluding hydrogens is 325 g/mol. The van der Waals surface area contributed by atoms with Gasteiger partial charge in [0, 0.05) is 13.1 Å². The lowest BCUT2D eigenvalue weighted by atomic mass is 9.98. The summed E-state index contributed by atoms with van der Waals surface area (Å²) in [5.41, 5.74) is 0. The van der Waals surface area contributed by atoms with Gasteiger partial charge in [-0.15, -0.1) is 0 Å². The summed E-state index contributed by atoms with van der Waals surface area (Å²) >= 11 is 0. The molecule has 24 heavy (non-hydrogen) atoms. The highest BCUT2D eigenvalue weighted by Gasteiger charge is 2.29. The minimum Gasteiger partial charge on any atom is -0.354 e.